The van der Waals surface area contributed by atoms with Crippen molar-refractivity contribution in [3.8, 4) is 0 Å². The summed E-state index contributed by atoms with van der Waals surface area (Å²) in [5, 5.41) is 0. The lowest BCUT2D eigenvalue weighted by molar-refractivity contribution is 0.331. The van der Waals surface area contributed by atoms with Crippen molar-refractivity contribution in [2.24, 2.45) is 0 Å². The number of hydrogen-bond acceptors (Lipinski definition) is 1. The minimum Gasteiger partial charge on any atom is -0.413 e. The second kappa shape index (κ2) is 4.82. The van der Waals surface area contributed by atoms with E-state index in [9.17, 15) is 0 Å². The fourth-order valence-corrected chi connectivity index (χ4v) is 5.74. The predicted molar refractivity (Wildman–Crippen MR) is 55.8 cm³/mol. The van der Waals surface area contributed by atoms with Crippen LogP contribution in [-0.2, 0) is 4.43 Å². The van der Waals surface area contributed by atoms with Gasteiger partial charge < -0.3 is 4.43 Å². The molecule has 0 aromatic rings. The summed E-state index contributed by atoms with van der Waals surface area (Å²) in [5.41, 5.74) is 0. The van der Waals surface area contributed by atoms with Crippen molar-refractivity contribution in [1.29, 1.82) is 0 Å². The summed E-state index contributed by atoms with van der Waals surface area (Å²) in [6.45, 7) is 6.78. The van der Waals surface area contributed by atoms with Gasteiger partial charge in [0.05, 0.1) is 6.61 Å². The third-order valence-electron chi connectivity index (χ3n) is 2.92. The molecule has 1 aliphatic heterocycles. The van der Waals surface area contributed by atoms with Gasteiger partial charge in [0.2, 0.25) is 0 Å². The SMILES string of the molecule is C=CCO[Si]1(CC)CCCCC1. The van der Waals surface area contributed by atoms with Crippen LogP contribution in [0.1, 0.15) is 26.2 Å². The molecular weight excluding hydrogens is 164 g/mol. The van der Waals surface area contributed by atoms with E-state index < -0.39 is 8.32 Å². The third-order valence-corrected chi connectivity index (χ3v) is 7.51. The largest absolute Gasteiger partial charge is 0.413 e. The maximum absolute atomic E-state index is 5.99. The van der Waals surface area contributed by atoms with Gasteiger partial charge in [-0.25, -0.2) is 0 Å². The van der Waals surface area contributed by atoms with E-state index in [1.165, 1.54) is 37.4 Å². The second-order valence-corrected chi connectivity index (χ2v) is 8.06. The maximum atomic E-state index is 5.99. The van der Waals surface area contributed by atoms with E-state index in [0.717, 1.165) is 6.61 Å². The molecule has 1 heterocycles. The number of hydrogen-bond donors (Lipinski definition) is 0. The van der Waals surface area contributed by atoms with Crippen LogP contribution in [0.15, 0.2) is 12.7 Å². The molecule has 0 N–H and O–H groups in total. The van der Waals surface area contributed by atoms with E-state index in [-0.39, 0.29) is 0 Å². The first-order valence-electron chi connectivity index (χ1n) is 5.08. The highest BCUT2D eigenvalue weighted by molar-refractivity contribution is 6.73. The van der Waals surface area contributed by atoms with Gasteiger partial charge in [0.15, 0.2) is 8.32 Å². The van der Waals surface area contributed by atoms with Crippen LogP contribution < -0.4 is 0 Å². The van der Waals surface area contributed by atoms with Crippen molar-refractivity contribution in [2.75, 3.05) is 6.61 Å². The quantitative estimate of drug-likeness (QED) is 0.481. The van der Waals surface area contributed by atoms with Crippen LogP contribution in [0, 0.1) is 0 Å². The Morgan fingerprint density at radius 2 is 2.00 bits per heavy atom. The Bertz CT molecular complexity index is 139. The molecule has 1 fully saturated rings. The average Bonchev–Trinajstić information content (AvgIpc) is 2.16. The highest BCUT2D eigenvalue weighted by atomic mass is 28.4. The van der Waals surface area contributed by atoms with Crippen molar-refractivity contribution in [3.05, 3.63) is 12.7 Å². The van der Waals surface area contributed by atoms with Crippen LogP contribution in [0.2, 0.25) is 18.1 Å². The Morgan fingerprint density at radius 1 is 1.33 bits per heavy atom. The standard InChI is InChI=1S/C10H20OSi/c1-3-8-11-12(4-2)9-6-5-7-10-12/h3H,1,4-10H2,2H3. The van der Waals surface area contributed by atoms with Crippen molar-refractivity contribution >= 4 is 8.32 Å². The number of rotatable bonds is 4. The van der Waals surface area contributed by atoms with Gasteiger partial charge >= 0.3 is 0 Å². The smallest absolute Gasteiger partial charge is 0.193 e. The molecule has 0 bridgehead atoms. The van der Waals surface area contributed by atoms with Crippen molar-refractivity contribution < 1.29 is 4.43 Å². The van der Waals surface area contributed by atoms with Crippen LogP contribution in [0.4, 0.5) is 0 Å². The minimum absolute atomic E-state index is 0.778. The Kier molecular flexibility index (Phi) is 4.02. The summed E-state index contributed by atoms with van der Waals surface area (Å²) in [4.78, 5) is 0. The average molecular weight is 184 g/mol. The highest BCUT2D eigenvalue weighted by Crippen LogP contribution is 2.32. The molecule has 1 saturated heterocycles. The first-order valence-corrected chi connectivity index (χ1v) is 7.61. The molecule has 1 nitrogen and oxygen atoms in total. The molecule has 2 heteroatoms. The van der Waals surface area contributed by atoms with Crippen LogP contribution in [-0.4, -0.2) is 14.9 Å². The highest BCUT2D eigenvalue weighted by Gasteiger charge is 2.33. The third kappa shape index (κ3) is 2.46. The van der Waals surface area contributed by atoms with Gasteiger partial charge in [0, 0.05) is 0 Å². The summed E-state index contributed by atoms with van der Waals surface area (Å²) in [7, 11) is -1.25. The first-order chi connectivity index (χ1) is 5.83. The van der Waals surface area contributed by atoms with Crippen molar-refractivity contribution in [1.82, 2.24) is 0 Å². The molecule has 12 heavy (non-hydrogen) atoms. The molecule has 0 aliphatic carbocycles. The maximum Gasteiger partial charge on any atom is 0.193 e. The van der Waals surface area contributed by atoms with E-state index in [1.807, 2.05) is 6.08 Å². The lowest BCUT2D eigenvalue weighted by Gasteiger charge is -2.33. The summed E-state index contributed by atoms with van der Waals surface area (Å²) < 4.78 is 5.99. The van der Waals surface area contributed by atoms with Crippen molar-refractivity contribution in [2.45, 2.75) is 44.3 Å². The molecule has 0 aromatic heterocycles. The molecule has 1 rings (SSSR count). The van der Waals surface area contributed by atoms with Gasteiger partial charge in [-0.3, -0.25) is 0 Å². The Balaban J connectivity index is 2.41. The Morgan fingerprint density at radius 3 is 2.50 bits per heavy atom. The molecule has 0 spiro atoms. The molecule has 0 amide bonds. The van der Waals surface area contributed by atoms with Gasteiger partial charge in [0.1, 0.15) is 0 Å². The topological polar surface area (TPSA) is 9.23 Å². The lowest BCUT2D eigenvalue weighted by Crippen LogP contribution is -2.39. The van der Waals surface area contributed by atoms with Crippen LogP contribution in [0.5, 0.6) is 0 Å². The molecule has 1 aliphatic rings. The summed E-state index contributed by atoms with van der Waals surface area (Å²) in [6.07, 6.45) is 6.11. The Hall–Kier alpha value is -0.0831. The van der Waals surface area contributed by atoms with Crippen LogP contribution >= 0.6 is 0 Å². The monoisotopic (exact) mass is 184 g/mol. The fraction of sp³-hybridized carbons (Fsp3) is 0.800. The lowest BCUT2D eigenvalue weighted by atomic mass is 10.3. The second-order valence-electron chi connectivity index (χ2n) is 3.70. The van der Waals surface area contributed by atoms with E-state index in [4.69, 9.17) is 4.43 Å². The van der Waals surface area contributed by atoms with Crippen molar-refractivity contribution in [3.63, 3.8) is 0 Å². The van der Waals surface area contributed by atoms with Gasteiger partial charge in [-0.1, -0.05) is 32.3 Å². The molecule has 70 valence electrons. The van der Waals surface area contributed by atoms with Gasteiger partial charge in [-0.15, -0.1) is 6.58 Å². The summed E-state index contributed by atoms with van der Waals surface area (Å²) in [6, 6.07) is 4.06. The normalized spacial score (nSPS) is 22.1. The van der Waals surface area contributed by atoms with Gasteiger partial charge in [-0.2, -0.15) is 0 Å². The van der Waals surface area contributed by atoms with E-state index in [0.29, 0.717) is 0 Å². The van der Waals surface area contributed by atoms with Gasteiger partial charge in [-0.05, 0) is 18.1 Å². The predicted octanol–water partition coefficient (Wildman–Crippen LogP) is 3.34. The molecule has 0 saturated carbocycles. The zero-order valence-corrected chi connectivity index (χ0v) is 9.14. The first kappa shape index (κ1) is 10.0. The zero-order valence-electron chi connectivity index (χ0n) is 8.14. The Labute approximate surface area is 76.9 Å². The zero-order chi connectivity index (χ0) is 8.86. The van der Waals surface area contributed by atoms with E-state index in [1.54, 1.807) is 0 Å². The molecular formula is C10H20OSi. The molecule has 0 aromatic carbocycles. The minimum atomic E-state index is -1.25. The van der Waals surface area contributed by atoms with Crippen LogP contribution in [0.25, 0.3) is 0 Å². The van der Waals surface area contributed by atoms with Gasteiger partial charge in [0.25, 0.3) is 0 Å². The summed E-state index contributed by atoms with van der Waals surface area (Å²) in [5.74, 6) is 0. The van der Waals surface area contributed by atoms with E-state index in [2.05, 4.69) is 13.5 Å². The molecule has 0 radical (unpaired) electrons. The van der Waals surface area contributed by atoms with E-state index >= 15 is 0 Å². The molecule has 0 atom stereocenters. The summed E-state index contributed by atoms with van der Waals surface area (Å²) >= 11 is 0. The molecule has 0 unspecified atom stereocenters. The van der Waals surface area contributed by atoms with Crippen LogP contribution in [0.3, 0.4) is 0 Å². The fourth-order valence-electron chi connectivity index (χ4n) is 2.03.